The van der Waals surface area contributed by atoms with Gasteiger partial charge in [0.05, 0.1) is 11.6 Å². The molecule has 68 valence electrons. The molecule has 0 radical (unpaired) electrons. The van der Waals surface area contributed by atoms with E-state index in [2.05, 4.69) is 10.1 Å². The molecule has 4 heteroatoms. The summed E-state index contributed by atoms with van der Waals surface area (Å²) >= 11 is 0. The molecule has 0 aromatic carbocycles. The number of hydrogen-bond acceptors (Lipinski definition) is 2. The number of aryl methyl sites for hydroxylation is 2. The fourth-order valence-electron chi connectivity index (χ4n) is 1.40. The number of aromatic amines is 1. The van der Waals surface area contributed by atoms with E-state index >= 15 is 0 Å². The molecule has 0 fully saturated rings. The first kappa shape index (κ1) is 8.04. The van der Waals surface area contributed by atoms with Crippen LogP contribution in [0, 0.1) is 13.8 Å². The Balaban J connectivity index is 3.05. The van der Waals surface area contributed by atoms with Crippen LogP contribution in [0.25, 0.3) is 11.0 Å². The highest BCUT2D eigenvalue weighted by molar-refractivity contribution is 5.75. The molecule has 2 rings (SSSR count). The number of fused-ring (bicyclic) bond motifs is 1. The van der Waals surface area contributed by atoms with E-state index in [1.807, 2.05) is 20.9 Å². The van der Waals surface area contributed by atoms with Crippen LogP contribution in [0.3, 0.4) is 0 Å². The number of hydrogen-bond donors (Lipinski definition) is 1. The van der Waals surface area contributed by atoms with E-state index in [0.29, 0.717) is 5.39 Å². The maximum absolute atomic E-state index is 11.7. The fraction of sp³-hybridized carbons (Fsp3) is 0.333. The monoisotopic (exact) mass is 177 g/mol. The van der Waals surface area contributed by atoms with Gasteiger partial charge in [-0.1, -0.05) is 0 Å². The summed E-state index contributed by atoms with van der Waals surface area (Å²) in [6.07, 6.45) is 1.60. The third kappa shape index (κ3) is 0.983. The summed E-state index contributed by atoms with van der Waals surface area (Å²) in [7, 11) is 1.81. The Hall–Kier alpha value is -1.58. The van der Waals surface area contributed by atoms with Crippen molar-refractivity contribution < 1.29 is 0 Å². The quantitative estimate of drug-likeness (QED) is 0.649. The largest absolute Gasteiger partial charge is 0.343 e. The van der Waals surface area contributed by atoms with Gasteiger partial charge >= 0.3 is 0 Å². The molecule has 13 heavy (non-hydrogen) atoms. The fourth-order valence-corrected chi connectivity index (χ4v) is 1.40. The number of nitrogens with one attached hydrogen (secondary N) is 1. The molecule has 0 atom stereocenters. The SMILES string of the molecule is Cc1[nH]c2c(cnn2C)c(=O)c1C. The highest BCUT2D eigenvalue weighted by Gasteiger charge is 2.07. The van der Waals surface area contributed by atoms with Crippen LogP contribution in [0.4, 0.5) is 0 Å². The molecule has 0 saturated heterocycles. The van der Waals surface area contributed by atoms with Crippen molar-refractivity contribution in [1.29, 1.82) is 0 Å². The second-order valence-corrected chi connectivity index (χ2v) is 3.23. The van der Waals surface area contributed by atoms with E-state index in [4.69, 9.17) is 0 Å². The first-order chi connectivity index (χ1) is 6.11. The summed E-state index contributed by atoms with van der Waals surface area (Å²) in [6.45, 7) is 3.71. The van der Waals surface area contributed by atoms with Gasteiger partial charge in [-0.3, -0.25) is 9.48 Å². The van der Waals surface area contributed by atoms with Gasteiger partial charge in [-0.2, -0.15) is 5.10 Å². The summed E-state index contributed by atoms with van der Waals surface area (Å²) in [5.41, 5.74) is 2.52. The van der Waals surface area contributed by atoms with Gasteiger partial charge in [0.15, 0.2) is 5.43 Å². The van der Waals surface area contributed by atoms with Crippen molar-refractivity contribution in [1.82, 2.24) is 14.8 Å². The van der Waals surface area contributed by atoms with Gasteiger partial charge in [-0.15, -0.1) is 0 Å². The Bertz CT molecular complexity index is 521. The van der Waals surface area contributed by atoms with Crippen LogP contribution in [-0.2, 0) is 7.05 Å². The maximum atomic E-state index is 11.7. The third-order valence-corrected chi connectivity index (χ3v) is 2.39. The zero-order valence-corrected chi connectivity index (χ0v) is 7.88. The van der Waals surface area contributed by atoms with Crippen LogP contribution in [0.5, 0.6) is 0 Å². The second kappa shape index (κ2) is 2.45. The summed E-state index contributed by atoms with van der Waals surface area (Å²) in [4.78, 5) is 14.8. The molecule has 0 spiro atoms. The van der Waals surface area contributed by atoms with Gasteiger partial charge in [-0.05, 0) is 13.8 Å². The summed E-state index contributed by atoms with van der Waals surface area (Å²) < 4.78 is 1.67. The van der Waals surface area contributed by atoms with Crippen molar-refractivity contribution in [3.63, 3.8) is 0 Å². The molecule has 0 bridgehead atoms. The number of aromatic nitrogens is 3. The predicted octanol–water partition coefficient (Wildman–Crippen LogP) is 0.878. The minimum Gasteiger partial charge on any atom is -0.343 e. The van der Waals surface area contributed by atoms with E-state index in [9.17, 15) is 4.79 Å². The first-order valence-electron chi connectivity index (χ1n) is 4.12. The van der Waals surface area contributed by atoms with Gasteiger partial charge in [0, 0.05) is 18.3 Å². The topological polar surface area (TPSA) is 50.7 Å². The van der Waals surface area contributed by atoms with Crippen molar-refractivity contribution in [2.45, 2.75) is 13.8 Å². The molecule has 2 heterocycles. The molecule has 1 N–H and O–H groups in total. The summed E-state index contributed by atoms with van der Waals surface area (Å²) in [6, 6.07) is 0. The van der Waals surface area contributed by atoms with Crippen LogP contribution in [0.15, 0.2) is 11.0 Å². The van der Waals surface area contributed by atoms with E-state index in [-0.39, 0.29) is 5.43 Å². The minimum atomic E-state index is 0.0688. The van der Waals surface area contributed by atoms with Crippen molar-refractivity contribution in [2.24, 2.45) is 7.05 Å². The van der Waals surface area contributed by atoms with E-state index < -0.39 is 0 Å². The Morgan fingerprint density at radius 3 is 2.85 bits per heavy atom. The molecular weight excluding hydrogens is 166 g/mol. The lowest BCUT2D eigenvalue weighted by atomic mass is 10.2. The predicted molar refractivity (Wildman–Crippen MR) is 50.8 cm³/mol. The molecule has 0 aliphatic rings. The highest BCUT2D eigenvalue weighted by atomic mass is 16.1. The van der Waals surface area contributed by atoms with Crippen LogP contribution in [0.2, 0.25) is 0 Å². The zero-order chi connectivity index (χ0) is 9.59. The van der Waals surface area contributed by atoms with Crippen LogP contribution in [0.1, 0.15) is 11.3 Å². The lowest BCUT2D eigenvalue weighted by molar-refractivity contribution is 0.784. The van der Waals surface area contributed by atoms with Crippen molar-refractivity contribution >= 4 is 11.0 Å². The van der Waals surface area contributed by atoms with Crippen molar-refractivity contribution in [3.8, 4) is 0 Å². The second-order valence-electron chi connectivity index (χ2n) is 3.23. The standard InChI is InChI=1S/C9H11N3O/c1-5-6(2)11-9-7(8(5)13)4-10-12(9)3/h4H,1-3H3,(H,11,13). The van der Waals surface area contributed by atoms with Crippen molar-refractivity contribution in [3.05, 3.63) is 27.7 Å². The van der Waals surface area contributed by atoms with Crippen LogP contribution >= 0.6 is 0 Å². The Morgan fingerprint density at radius 2 is 2.15 bits per heavy atom. The lowest BCUT2D eigenvalue weighted by Gasteiger charge is -2.00. The van der Waals surface area contributed by atoms with E-state index in [1.165, 1.54) is 0 Å². The zero-order valence-electron chi connectivity index (χ0n) is 7.88. The highest BCUT2D eigenvalue weighted by Crippen LogP contribution is 2.08. The lowest BCUT2D eigenvalue weighted by Crippen LogP contribution is -2.09. The van der Waals surface area contributed by atoms with Crippen molar-refractivity contribution in [2.75, 3.05) is 0 Å². The Morgan fingerprint density at radius 1 is 1.46 bits per heavy atom. The number of H-pyrrole nitrogens is 1. The molecule has 0 aliphatic carbocycles. The van der Waals surface area contributed by atoms with Gasteiger partial charge in [0.25, 0.3) is 0 Å². The van der Waals surface area contributed by atoms with Gasteiger partial charge in [0.1, 0.15) is 5.65 Å². The molecule has 4 nitrogen and oxygen atoms in total. The average molecular weight is 177 g/mol. The molecular formula is C9H11N3O. The molecule has 0 unspecified atom stereocenters. The number of rotatable bonds is 0. The van der Waals surface area contributed by atoms with Crippen LogP contribution < -0.4 is 5.43 Å². The average Bonchev–Trinajstić information content (AvgIpc) is 2.45. The Kier molecular flexibility index (Phi) is 1.52. The summed E-state index contributed by atoms with van der Waals surface area (Å²) in [5.74, 6) is 0. The van der Waals surface area contributed by atoms with Crippen LogP contribution in [-0.4, -0.2) is 14.8 Å². The smallest absolute Gasteiger partial charge is 0.195 e. The first-order valence-corrected chi connectivity index (χ1v) is 4.12. The molecule has 0 amide bonds. The number of pyridine rings is 1. The van der Waals surface area contributed by atoms with E-state index in [1.54, 1.807) is 10.9 Å². The number of nitrogens with zero attached hydrogens (tertiary/aromatic N) is 2. The molecule has 0 aliphatic heterocycles. The van der Waals surface area contributed by atoms with Gasteiger partial charge in [-0.25, -0.2) is 0 Å². The molecule has 0 saturated carbocycles. The van der Waals surface area contributed by atoms with Gasteiger partial charge < -0.3 is 4.98 Å². The third-order valence-electron chi connectivity index (χ3n) is 2.39. The summed E-state index contributed by atoms with van der Waals surface area (Å²) in [5, 5.41) is 4.68. The Labute approximate surface area is 75.2 Å². The van der Waals surface area contributed by atoms with Gasteiger partial charge in [0.2, 0.25) is 0 Å². The maximum Gasteiger partial charge on any atom is 0.195 e. The normalized spacial score (nSPS) is 11.0. The minimum absolute atomic E-state index is 0.0688. The molecule has 2 aromatic heterocycles. The van der Waals surface area contributed by atoms with E-state index in [0.717, 1.165) is 16.9 Å². The molecule has 2 aromatic rings.